The summed E-state index contributed by atoms with van der Waals surface area (Å²) in [6.45, 7) is 0. The number of carbonyl (C=O) groups excluding carboxylic acids is 1. The molecular weight excluding hydrogens is 320 g/mol. The molecule has 1 fully saturated rings. The van der Waals surface area contributed by atoms with Crippen molar-refractivity contribution in [2.75, 3.05) is 7.11 Å². The summed E-state index contributed by atoms with van der Waals surface area (Å²) in [5.74, 6) is -0.141. The molecule has 1 unspecified atom stereocenters. The zero-order valence-corrected chi connectivity index (χ0v) is 14.6. The molecule has 2 aliphatic rings. The number of urea groups is 1. The number of fused-ring (bicyclic) bond motifs is 1. The summed E-state index contributed by atoms with van der Waals surface area (Å²) >= 11 is 0. The van der Waals surface area contributed by atoms with Crippen molar-refractivity contribution in [3.05, 3.63) is 29.3 Å². The number of aryl methyl sites for hydroxylation is 1. The number of rotatable bonds is 4. The van der Waals surface area contributed by atoms with Crippen LogP contribution in [0, 0.1) is 5.92 Å². The molecule has 3 N–H and O–H groups in total. The maximum atomic E-state index is 12.4. The Hall–Kier alpha value is -2.24. The highest BCUT2D eigenvalue weighted by atomic mass is 16.5. The first-order valence-electron chi connectivity index (χ1n) is 9.03. The Bertz CT molecular complexity index is 638. The summed E-state index contributed by atoms with van der Waals surface area (Å²) in [5.41, 5.74) is 2.40. The number of aliphatic carboxylic acids is 1. The van der Waals surface area contributed by atoms with E-state index in [1.54, 1.807) is 7.11 Å². The average molecular weight is 346 g/mol. The van der Waals surface area contributed by atoms with Gasteiger partial charge < -0.3 is 20.5 Å². The number of benzene rings is 1. The maximum absolute atomic E-state index is 12.4. The van der Waals surface area contributed by atoms with Crippen LogP contribution < -0.4 is 15.4 Å². The van der Waals surface area contributed by atoms with Gasteiger partial charge in [-0.05, 0) is 68.2 Å². The highest BCUT2D eigenvalue weighted by Crippen LogP contribution is 2.32. The molecule has 0 aliphatic heterocycles. The molecule has 136 valence electrons. The van der Waals surface area contributed by atoms with Crippen LogP contribution in [-0.2, 0) is 11.2 Å². The first-order valence-corrected chi connectivity index (χ1v) is 9.03. The minimum absolute atomic E-state index is 0.0185. The van der Waals surface area contributed by atoms with E-state index >= 15 is 0 Å². The molecule has 1 atom stereocenters. The summed E-state index contributed by atoms with van der Waals surface area (Å²) in [5, 5.41) is 15.1. The van der Waals surface area contributed by atoms with Crippen molar-refractivity contribution in [2.24, 2.45) is 5.92 Å². The number of carboxylic acids is 1. The minimum Gasteiger partial charge on any atom is -0.497 e. The Morgan fingerprint density at radius 2 is 1.88 bits per heavy atom. The molecule has 25 heavy (non-hydrogen) atoms. The molecule has 6 heteroatoms. The lowest BCUT2D eigenvalue weighted by molar-refractivity contribution is -0.142. The SMILES string of the molecule is COc1ccc2c(c1)CCCC2NC(=O)NC1CCC(C(=O)O)CC1. The van der Waals surface area contributed by atoms with E-state index in [1.807, 2.05) is 18.2 Å². The smallest absolute Gasteiger partial charge is 0.315 e. The van der Waals surface area contributed by atoms with E-state index in [1.165, 1.54) is 5.56 Å². The molecule has 0 heterocycles. The standard InChI is InChI=1S/C19H26N2O4/c1-25-15-9-10-16-13(11-15)3-2-4-17(16)21-19(24)20-14-7-5-12(6-8-14)18(22)23/h9-12,14,17H,2-8H2,1H3,(H,22,23)(H2,20,21,24). The number of carbonyl (C=O) groups is 2. The van der Waals surface area contributed by atoms with Crippen molar-refractivity contribution in [1.82, 2.24) is 10.6 Å². The van der Waals surface area contributed by atoms with Crippen LogP contribution in [0.4, 0.5) is 4.79 Å². The Morgan fingerprint density at radius 3 is 2.56 bits per heavy atom. The predicted molar refractivity (Wildman–Crippen MR) is 93.7 cm³/mol. The van der Waals surface area contributed by atoms with Crippen molar-refractivity contribution in [3.63, 3.8) is 0 Å². The maximum Gasteiger partial charge on any atom is 0.315 e. The van der Waals surface area contributed by atoms with Crippen LogP contribution in [0.5, 0.6) is 5.75 Å². The van der Waals surface area contributed by atoms with E-state index in [0.717, 1.165) is 43.4 Å². The van der Waals surface area contributed by atoms with Gasteiger partial charge in [0.1, 0.15) is 5.75 Å². The number of hydrogen-bond acceptors (Lipinski definition) is 3. The molecule has 1 aromatic carbocycles. The van der Waals surface area contributed by atoms with Gasteiger partial charge in [-0.1, -0.05) is 6.07 Å². The first kappa shape index (κ1) is 17.6. The molecule has 3 rings (SSSR count). The number of nitrogens with one attached hydrogen (secondary N) is 2. The van der Waals surface area contributed by atoms with Gasteiger partial charge in [0.25, 0.3) is 0 Å². The molecule has 1 aromatic rings. The molecule has 0 radical (unpaired) electrons. The van der Waals surface area contributed by atoms with E-state index < -0.39 is 5.97 Å². The van der Waals surface area contributed by atoms with Crippen LogP contribution in [0.25, 0.3) is 0 Å². The van der Waals surface area contributed by atoms with Crippen LogP contribution in [0.3, 0.4) is 0 Å². The number of ether oxygens (including phenoxy) is 1. The number of methoxy groups -OCH3 is 1. The second-order valence-electron chi connectivity index (χ2n) is 7.01. The van der Waals surface area contributed by atoms with Crippen molar-refractivity contribution < 1.29 is 19.4 Å². The van der Waals surface area contributed by atoms with Crippen LogP contribution in [0.1, 0.15) is 55.7 Å². The number of carboxylic acid groups (broad SMARTS) is 1. The molecular formula is C19H26N2O4. The lowest BCUT2D eigenvalue weighted by Gasteiger charge is -2.30. The van der Waals surface area contributed by atoms with Gasteiger partial charge in [0.05, 0.1) is 19.1 Å². The molecule has 2 aliphatic carbocycles. The topological polar surface area (TPSA) is 87.7 Å². The van der Waals surface area contributed by atoms with Crippen molar-refractivity contribution in [1.29, 1.82) is 0 Å². The third-order valence-corrected chi connectivity index (χ3v) is 5.38. The lowest BCUT2D eigenvalue weighted by Crippen LogP contribution is -2.45. The van der Waals surface area contributed by atoms with Crippen LogP contribution in [0.2, 0.25) is 0 Å². The fourth-order valence-electron chi connectivity index (χ4n) is 3.94. The van der Waals surface area contributed by atoms with Gasteiger partial charge >= 0.3 is 12.0 Å². The first-order chi connectivity index (χ1) is 12.1. The highest BCUT2D eigenvalue weighted by Gasteiger charge is 2.28. The van der Waals surface area contributed by atoms with Crippen LogP contribution in [-0.4, -0.2) is 30.3 Å². The van der Waals surface area contributed by atoms with Gasteiger partial charge in [0, 0.05) is 6.04 Å². The van der Waals surface area contributed by atoms with Crippen molar-refractivity contribution in [2.45, 2.75) is 57.0 Å². The largest absolute Gasteiger partial charge is 0.497 e. The number of hydrogen-bond donors (Lipinski definition) is 3. The third-order valence-electron chi connectivity index (χ3n) is 5.38. The molecule has 0 aromatic heterocycles. The summed E-state index contributed by atoms with van der Waals surface area (Å²) in [7, 11) is 1.66. The van der Waals surface area contributed by atoms with E-state index in [9.17, 15) is 9.59 Å². The van der Waals surface area contributed by atoms with E-state index in [4.69, 9.17) is 9.84 Å². The second-order valence-corrected chi connectivity index (χ2v) is 7.01. The molecule has 0 spiro atoms. The van der Waals surface area contributed by atoms with Gasteiger partial charge in [-0.15, -0.1) is 0 Å². The highest BCUT2D eigenvalue weighted by molar-refractivity contribution is 5.75. The molecule has 2 amide bonds. The molecule has 0 saturated heterocycles. The normalized spacial score (nSPS) is 25.6. The second kappa shape index (κ2) is 7.76. The fourth-order valence-corrected chi connectivity index (χ4v) is 3.94. The summed E-state index contributed by atoms with van der Waals surface area (Å²) < 4.78 is 5.28. The van der Waals surface area contributed by atoms with E-state index in [-0.39, 0.29) is 24.0 Å². The zero-order valence-electron chi connectivity index (χ0n) is 14.6. The van der Waals surface area contributed by atoms with E-state index in [0.29, 0.717) is 12.8 Å². The van der Waals surface area contributed by atoms with Gasteiger partial charge in [-0.3, -0.25) is 4.79 Å². The van der Waals surface area contributed by atoms with Gasteiger partial charge in [0.2, 0.25) is 0 Å². The quantitative estimate of drug-likeness (QED) is 0.782. The molecule has 0 bridgehead atoms. The van der Waals surface area contributed by atoms with Gasteiger partial charge in [-0.25, -0.2) is 4.79 Å². The minimum atomic E-state index is -0.725. The third kappa shape index (κ3) is 4.24. The Kier molecular flexibility index (Phi) is 5.46. The fraction of sp³-hybridized carbons (Fsp3) is 0.579. The van der Waals surface area contributed by atoms with Crippen LogP contribution >= 0.6 is 0 Å². The zero-order chi connectivity index (χ0) is 17.8. The average Bonchev–Trinajstić information content (AvgIpc) is 2.62. The van der Waals surface area contributed by atoms with Crippen molar-refractivity contribution in [3.8, 4) is 5.75 Å². The Morgan fingerprint density at radius 1 is 1.12 bits per heavy atom. The Balaban J connectivity index is 1.55. The summed E-state index contributed by atoms with van der Waals surface area (Å²) in [6.07, 6.45) is 5.68. The van der Waals surface area contributed by atoms with Gasteiger partial charge in [0.15, 0.2) is 0 Å². The lowest BCUT2D eigenvalue weighted by atomic mass is 9.86. The molecule has 1 saturated carbocycles. The van der Waals surface area contributed by atoms with Crippen LogP contribution in [0.15, 0.2) is 18.2 Å². The summed E-state index contributed by atoms with van der Waals surface area (Å²) in [6, 6.07) is 5.95. The van der Waals surface area contributed by atoms with E-state index in [2.05, 4.69) is 10.6 Å². The molecule has 6 nitrogen and oxygen atoms in total. The predicted octanol–water partition coefficient (Wildman–Crippen LogP) is 3.02. The Labute approximate surface area is 147 Å². The van der Waals surface area contributed by atoms with Crippen molar-refractivity contribution >= 4 is 12.0 Å². The monoisotopic (exact) mass is 346 g/mol. The summed E-state index contributed by atoms with van der Waals surface area (Å²) in [4.78, 5) is 23.4. The number of amides is 2. The van der Waals surface area contributed by atoms with Gasteiger partial charge in [-0.2, -0.15) is 0 Å².